The second-order valence-corrected chi connectivity index (χ2v) is 12.2. The first-order chi connectivity index (χ1) is 17.1. The van der Waals surface area contributed by atoms with Crippen LogP contribution in [0.3, 0.4) is 0 Å². The first kappa shape index (κ1) is 23.0. The number of rotatable bonds is 2. The van der Waals surface area contributed by atoms with Gasteiger partial charge < -0.3 is 4.74 Å². The van der Waals surface area contributed by atoms with E-state index in [1.54, 1.807) is 0 Å². The second-order valence-electron chi connectivity index (χ2n) is 12.2. The van der Waals surface area contributed by atoms with Crippen molar-refractivity contribution < 1.29 is 9.30 Å². The average Bonchev–Trinajstić information content (AvgIpc) is 2.80. The molecule has 0 saturated heterocycles. The number of nitrogens with zero attached hydrogens (tertiary/aromatic N) is 1. The minimum Gasteiger partial charge on any atom is -0.455 e. The molecule has 0 radical (unpaired) electrons. The van der Waals surface area contributed by atoms with Crippen LogP contribution in [-0.2, 0) is 18.9 Å². The zero-order chi connectivity index (χ0) is 25.5. The zero-order valence-corrected chi connectivity index (χ0v) is 22.8. The van der Waals surface area contributed by atoms with Crippen LogP contribution in [0.25, 0.3) is 43.6 Å². The SMILES string of the molecule is Cc1ccc2c(C(C)(C)C)c3c(c(C)c2c1)-c1c2c(cc4c(CC(C)C)cccc4c2cc[n+]1C)O3. The molecule has 2 heterocycles. The first-order valence-electron chi connectivity index (χ1n) is 13.2. The van der Waals surface area contributed by atoms with E-state index in [2.05, 4.69) is 115 Å². The largest absolute Gasteiger partial charge is 0.455 e. The maximum atomic E-state index is 7.04. The molecule has 1 aliphatic heterocycles. The van der Waals surface area contributed by atoms with Gasteiger partial charge in [-0.1, -0.05) is 76.6 Å². The van der Waals surface area contributed by atoms with Gasteiger partial charge in [0.05, 0.1) is 10.9 Å². The Bertz CT molecular complexity index is 1720. The van der Waals surface area contributed by atoms with Crippen LogP contribution in [0.2, 0.25) is 0 Å². The van der Waals surface area contributed by atoms with Gasteiger partial charge in [0.1, 0.15) is 18.5 Å². The number of aromatic nitrogens is 1. The molecule has 0 spiro atoms. The van der Waals surface area contributed by atoms with Crippen molar-refractivity contribution in [1.82, 2.24) is 0 Å². The summed E-state index contributed by atoms with van der Waals surface area (Å²) in [5.74, 6) is 2.59. The van der Waals surface area contributed by atoms with E-state index in [0.717, 1.165) is 17.9 Å². The molecule has 0 saturated carbocycles. The van der Waals surface area contributed by atoms with Crippen LogP contribution in [0.5, 0.6) is 11.5 Å². The lowest BCUT2D eigenvalue weighted by atomic mass is 9.78. The monoisotopic (exact) mass is 474 g/mol. The number of ether oxygens (including phenoxy) is 1. The van der Waals surface area contributed by atoms with Gasteiger partial charge in [-0.15, -0.1) is 0 Å². The van der Waals surface area contributed by atoms with Gasteiger partial charge >= 0.3 is 0 Å². The highest BCUT2D eigenvalue weighted by Gasteiger charge is 2.36. The van der Waals surface area contributed by atoms with Gasteiger partial charge in [-0.2, -0.15) is 0 Å². The summed E-state index contributed by atoms with van der Waals surface area (Å²) in [6.07, 6.45) is 3.28. The van der Waals surface area contributed by atoms with Gasteiger partial charge in [0, 0.05) is 17.0 Å². The Morgan fingerprint density at radius 3 is 2.36 bits per heavy atom. The lowest BCUT2D eigenvalue weighted by molar-refractivity contribution is -0.659. The molecular weight excluding hydrogens is 438 g/mol. The van der Waals surface area contributed by atoms with Crippen molar-refractivity contribution in [1.29, 1.82) is 0 Å². The smallest absolute Gasteiger partial charge is 0.228 e. The van der Waals surface area contributed by atoms with E-state index in [1.807, 2.05) is 0 Å². The summed E-state index contributed by atoms with van der Waals surface area (Å²) in [6, 6.07) is 18.2. The quantitative estimate of drug-likeness (QED) is 0.180. The van der Waals surface area contributed by atoms with Gasteiger partial charge in [0.2, 0.25) is 5.69 Å². The van der Waals surface area contributed by atoms with Crippen LogP contribution in [0.15, 0.2) is 54.7 Å². The van der Waals surface area contributed by atoms with Gasteiger partial charge in [-0.3, -0.25) is 0 Å². The van der Waals surface area contributed by atoms with E-state index in [-0.39, 0.29) is 5.41 Å². The molecule has 0 N–H and O–H groups in total. The molecule has 182 valence electrons. The number of hydrogen-bond acceptors (Lipinski definition) is 1. The van der Waals surface area contributed by atoms with Crippen molar-refractivity contribution in [3.63, 3.8) is 0 Å². The normalized spacial score (nSPS) is 13.0. The Morgan fingerprint density at radius 2 is 1.64 bits per heavy atom. The molecular formula is C34H36NO+. The Hall–Kier alpha value is -3.39. The van der Waals surface area contributed by atoms with Crippen LogP contribution in [0, 0.1) is 19.8 Å². The number of aryl methyl sites for hydroxylation is 3. The van der Waals surface area contributed by atoms with Crippen LogP contribution in [0.1, 0.15) is 56.9 Å². The van der Waals surface area contributed by atoms with E-state index in [9.17, 15) is 0 Å². The van der Waals surface area contributed by atoms with Gasteiger partial charge in [0.25, 0.3) is 0 Å². The fraction of sp³-hybridized carbons (Fsp3) is 0.324. The van der Waals surface area contributed by atoms with E-state index in [1.165, 1.54) is 65.8 Å². The fourth-order valence-electron chi connectivity index (χ4n) is 6.32. The summed E-state index contributed by atoms with van der Waals surface area (Å²) < 4.78 is 9.33. The molecule has 6 rings (SSSR count). The van der Waals surface area contributed by atoms with Crippen molar-refractivity contribution in [2.45, 2.75) is 60.3 Å². The zero-order valence-electron chi connectivity index (χ0n) is 22.8. The third kappa shape index (κ3) is 3.27. The van der Waals surface area contributed by atoms with Crippen molar-refractivity contribution in [2.75, 3.05) is 0 Å². The molecule has 0 aliphatic carbocycles. The van der Waals surface area contributed by atoms with Crippen molar-refractivity contribution in [3.05, 3.63) is 77.0 Å². The molecule has 0 bridgehead atoms. The van der Waals surface area contributed by atoms with Gasteiger partial charge in [-0.05, 0) is 70.3 Å². The maximum absolute atomic E-state index is 7.04. The minimum atomic E-state index is -0.0745. The fourth-order valence-corrected chi connectivity index (χ4v) is 6.32. The molecule has 0 atom stereocenters. The van der Waals surface area contributed by atoms with E-state index < -0.39 is 0 Å². The summed E-state index contributed by atoms with van der Waals surface area (Å²) in [5, 5.41) is 7.73. The molecule has 0 unspecified atom stereocenters. The molecule has 2 heteroatoms. The van der Waals surface area contributed by atoms with E-state index in [4.69, 9.17) is 4.74 Å². The predicted octanol–water partition coefficient (Wildman–Crippen LogP) is 8.86. The first-order valence-corrected chi connectivity index (χ1v) is 13.2. The Balaban J connectivity index is 1.82. The highest BCUT2D eigenvalue weighted by atomic mass is 16.5. The van der Waals surface area contributed by atoms with Crippen LogP contribution < -0.4 is 9.30 Å². The van der Waals surface area contributed by atoms with Crippen LogP contribution in [0.4, 0.5) is 0 Å². The summed E-state index contributed by atoms with van der Waals surface area (Å²) in [4.78, 5) is 0. The molecule has 1 aromatic heterocycles. The molecule has 5 aromatic rings. The summed E-state index contributed by atoms with van der Waals surface area (Å²) >= 11 is 0. The predicted molar refractivity (Wildman–Crippen MR) is 152 cm³/mol. The third-order valence-electron chi connectivity index (χ3n) is 7.84. The van der Waals surface area contributed by atoms with Crippen LogP contribution in [-0.4, -0.2) is 0 Å². The number of fused-ring (bicyclic) bond motifs is 5. The van der Waals surface area contributed by atoms with E-state index in [0.29, 0.717) is 5.92 Å². The Morgan fingerprint density at radius 1 is 0.861 bits per heavy atom. The lowest BCUT2D eigenvalue weighted by Gasteiger charge is -2.31. The number of benzene rings is 4. The van der Waals surface area contributed by atoms with E-state index >= 15 is 0 Å². The standard InChI is InChI=1S/C34H36NO/c1-19(2)16-22-10-9-11-23-24-14-15-35(8)32-29-21(4)26-17-20(3)12-13-25(26)31(34(5,6)7)33(29)36-28(30(24)32)18-27(22)23/h9-15,17-19H,16H2,1-8H3/q+1. The number of pyridine rings is 1. The van der Waals surface area contributed by atoms with Crippen molar-refractivity contribution in [3.8, 4) is 22.8 Å². The Labute approximate surface area is 214 Å². The third-order valence-corrected chi connectivity index (χ3v) is 7.84. The second kappa shape index (κ2) is 7.80. The molecule has 0 amide bonds. The Kier molecular flexibility index (Phi) is 4.99. The topological polar surface area (TPSA) is 13.1 Å². The average molecular weight is 475 g/mol. The van der Waals surface area contributed by atoms with Gasteiger partial charge in [-0.25, -0.2) is 4.57 Å². The lowest BCUT2D eigenvalue weighted by Crippen LogP contribution is -2.32. The maximum Gasteiger partial charge on any atom is 0.228 e. The molecule has 36 heavy (non-hydrogen) atoms. The molecule has 4 aromatic carbocycles. The van der Waals surface area contributed by atoms with Crippen LogP contribution >= 0.6 is 0 Å². The van der Waals surface area contributed by atoms with Gasteiger partial charge in [0.15, 0.2) is 6.20 Å². The van der Waals surface area contributed by atoms with Crippen molar-refractivity contribution in [2.24, 2.45) is 13.0 Å². The summed E-state index contributed by atoms with van der Waals surface area (Å²) in [6.45, 7) is 15.9. The highest BCUT2D eigenvalue weighted by Crippen LogP contribution is 2.54. The summed E-state index contributed by atoms with van der Waals surface area (Å²) in [7, 11) is 2.17. The minimum absolute atomic E-state index is 0.0745. The highest BCUT2D eigenvalue weighted by molar-refractivity contribution is 6.17. The molecule has 0 fully saturated rings. The summed E-state index contributed by atoms with van der Waals surface area (Å²) in [5.41, 5.74) is 7.67. The molecule has 1 aliphatic rings. The molecule has 2 nitrogen and oxygen atoms in total. The number of hydrogen-bond donors (Lipinski definition) is 0. The van der Waals surface area contributed by atoms with Crippen molar-refractivity contribution >= 4 is 32.3 Å².